The van der Waals surface area contributed by atoms with Crippen LogP contribution in [0.3, 0.4) is 0 Å². The van der Waals surface area contributed by atoms with Gasteiger partial charge in [0.1, 0.15) is 11.9 Å². The highest BCUT2D eigenvalue weighted by atomic mass is 19.1. The number of aromatic amines is 1. The van der Waals surface area contributed by atoms with Crippen LogP contribution in [-0.4, -0.2) is 95.9 Å². The first-order chi connectivity index (χ1) is 19.9. The van der Waals surface area contributed by atoms with Gasteiger partial charge in [-0.2, -0.15) is 0 Å². The maximum absolute atomic E-state index is 14.6. The highest BCUT2D eigenvalue weighted by Gasteiger charge is 2.48. The predicted octanol–water partition coefficient (Wildman–Crippen LogP) is 3.70. The zero-order chi connectivity index (χ0) is 28.7. The van der Waals surface area contributed by atoms with Crippen molar-refractivity contribution in [3.05, 3.63) is 41.5 Å². The summed E-state index contributed by atoms with van der Waals surface area (Å²) in [6.07, 6.45) is 10.4. The topological polar surface area (TPSA) is 83.7 Å². The number of hydrogen-bond donors (Lipinski definition) is 3. The fourth-order valence-corrected chi connectivity index (χ4v) is 7.69. The smallest absolute Gasteiger partial charge is 0.249 e. The number of nitrogens with zero attached hydrogens (tertiary/aromatic N) is 3. The second-order valence-electron chi connectivity index (χ2n) is 12.7. The largest absolute Gasteiger partial charge is 0.360 e. The molecule has 0 spiro atoms. The van der Waals surface area contributed by atoms with Crippen LogP contribution in [0.5, 0.6) is 0 Å². The van der Waals surface area contributed by atoms with Crippen molar-refractivity contribution in [3.8, 4) is 0 Å². The van der Waals surface area contributed by atoms with Crippen molar-refractivity contribution < 1.29 is 14.0 Å². The Morgan fingerprint density at radius 2 is 1.80 bits per heavy atom. The minimum absolute atomic E-state index is 0.0275. The van der Waals surface area contributed by atoms with Crippen molar-refractivity contribution >= 4 is 28.3 Å². The predicted molar refractivity (Wildman–Crippen MR) is 160 cm³/mol. The lowest BCUT2D eigenvalue weighted by Crippen LogP contribution is -2.55. The molecule has 3 aliphatic heterocycles. The van der Waals surface area contributed by atoms with E-state index in [1.165, 1.54) is 12.5 Å². The lowest BCUT2D eigenvalue weighted by Gasteiger charge is -2.38. The molecule has 41 heavy (non-hydrogen) atoms. The van der Waals surface area contributed by atoms with E-state index in [1.54, 1.807) is 13.1 Å². The SMILES string of the molecule is CNC(C)C(=O)NC(C(=O)N1CCC2C1=C(c1c[nH]c3cc(F)ccc13)CN2C1CCN(C)CC1)C1CCCCC1. The molecule has 0 radical (unpaired) electrons. The van der Waals surface area contributed by atoms with Crippen LogP contribution in [0, 0.1) is 11.7 Å². The van der Waals surface area contributed by atoms with Crippen LogP contribution in [0.2, 0.25) is 0 Å². The van der Waals surface area contributed by atoms with Crippen LogP contribution >= 0.6 is 0 Å². The standard InChI is InChI=1S/C32H45FN6O2/c1-20(34-2)31(40)36-29(21-7-5-4-6-8-21)32(41)38-16-13-28-30(38)26(19-39(28)23-11-14-37(3)15-12-23)25-18-35-27-17-22(33)9-10-24(25)27/h9-10,17-18,20-21,23,28-29,34-35H,4-8,11-16,19H2,1-3H3,(H,36,40). The molecule has 2 aromatic rings. The molecule has 2 saturated heterocycles. The summed E-state index contributed by atoms with van der Waals surface area (Å²) in [5.41, 5.74) is 4.08. The van der Waals surface area contributed by atoms with Gasteiger partial charge in [-0.25, -0.2) is 4.39 Å². The Hall–Kier alpha value is -2.75. The van der Waals surface area contributed by atoms with E-state index in [2.05, 4.69) is 32.5 Å². The lowest BCUT2D eigenvalue weighted by molar-refractivity contribution is -0.136. The van der Waals surface area contributed by atoms with E-state index in [9.17, 15) is 14.0 Å². The summed E-state index contributed by atoms with van der Waals surface area (Å²) in [6, 6.07) is 4.65. The molecule has 8 nitrogen and oxygen atoms in total. The maximum Gasteiger partial charge on any atom is 0.249 e. The molecule has 3 fully saturated rings. The van der Waals surface area contributed by atoms with Crippen LogP contribution in [-0.2, 0) is 9.59 Å². The van der Waals surface area contributed by atoms with Gasteiger partial charge in [0, 0.05) is 47.5 Å². The Balaban J connectivity index is 1.37. The van der Waals surface area contributed by atoms with Crippen molar-refractivity contribution in [2.75, 3.05) is 40.3 Å². The molecule has 4 aliphatic rings. The number of piperidine rings is 1. The molecule has 3 atom stereocenters. The summed E-state index contributed by atoms with van der Waals surface area (Å²) < 4.78 is 14.1. The number of likely N-dealkylation sites (N-methyl/N-ethyl adjacent to an activating group) is 1. The summed E-state index contributed by atoms with van der Waals surface area (Å²) in [5.74, 6) is -0.214. The normalized spacial score (nSPS) is 24.7. The fourth-order valence-electron chi connectivity index (χ4n) is 7.69. The van der Waals surface area contributed by atoms with E-state index >= 15 is 0 Å². The van der Waals surface area contributed by atoms with Gasteiger partial charge in [-0.05, 0) is 95.9 Å². The molecule has 3 unspecified atom stereocenters. The van der Waals surface area contributed by atoms with Gasteiger partial charge >= 0.3 is 0 Å². The number of aromatic nitrogens is 1. The fraction of sp³-hybridized carbons (Fsp3) is 0.625. The zero-order valence-corrected chi connectivity index (χ0v) is 24.7. The number of rotatable bonds is 7. The Bertz CT molecular complexity index is 1310. The van der Waals surface area contributed by atoms with Gasteiger partial charge < -0.3 is 25.4 Å². The van der Waals surface area contributed by atoms with Crippen molar-refractivity contribution in [1.82, 2.24) is 30.3 Å². The number of nitrogens with one attached hydrogen (secondary N) is 3. The van der Waals surface area contributed by atoms with Gasteiger partial charge in [-0.15, -0.1) is 0 Å². The van der Waals surface area contributed by atoms with E-state index in [0.717, 1.165) is 92.3 Å². The molecule has 2 amide bonds. The van der Waals surface area contributed by atoms with E-state index in [0.29, 0.717) is 12.6 Å². The first-order valence-electron chi connectivity index (χ1n) is 15.6. The summed E-state index contributed by atoms with van der Waals surface area (Å²) in [7, 11) is 3.96. The number of fused-ring (bicyclic) bond motifs is 2. The third kappa shape index (κ3) is 5.44. The van der Waals surface area contributed by atoms with Gasteiger partial charge in [-0.1, -0.05) is 19.3 Å². The lowest BCUT2D eigenvalue weighted by atomic mass is 9.83. The van der Waals surface area contributed by atoms with Crippen molar-refractivity contribution in [2.24, 2.45) is 5.92 Å². The second-order valence-corrected chi connectivity index (χ2v) is 12.7. The van der Waals surface area contributed by atoms with Crippen LogP contribution in [0.4, 0.5) is 4.39 Å². The molecule has 1 aromatic carbocycles. The summed E-state index contributed by atoms with van der Waals surface area (Å²) in [6.45, 7) is 5.42. The van der Waals surface area contributed by atoms with Crippen LogP contribution < -0.4 is 10.6 Å². The van der Waals surface area contributed by atoms with Crippen molar-refractivity contribution in [2.45, 2.75) is 82.5 Å². The molecule has 1 aliphatic carbocycles. The molecule has 9 heteroatoms. The van der Waals surface area contributed by atoms with Crippen LogP contribution in [0.1, 0.15) is 63.9 Å². The number of likely N-dealkylation sites (tertiary alicyclic amines) is 2. The first kappa shape index (κ1) is 28.4. The first-order valence-corrected chi connectivity index (χ1v) is 15.6. The number of carbonyl (C=O) groups is 2. The molecular weight excluding hydrogens is 519 g/mol. The number of carbonyl (C=O) groups excluding carboxylic acids is 2. The quantitative estimate of drug-likeness (QED) is 0.478. The van der Waals surface area contributed by atoms with Gasteiger partial charge in [0.05, 0.1) is 12.1 Å². The van der Waals surface area contributed by atoms with Gasteiger partial charge in [0.25, 0.3) is 0 Å². The molecule has 4 heterocycles. The van der Waals surface area contributed by atoms with E-state index in [-0.39, 0.29) is 35.6 Å². The maximum atomic E-state index is 14.6. The molecule has 0 bridgehead atoms. The van der Waals surface area contributed by atoms with E-state index in [1.807, 2.05) is 24.1 Å². The van der Waals surface area contributed by atoms with Gasteiger partial charge in [0.15, 0.2) is 0 Å². The number of benzene rings is 1. The second kappa shape index (κ2) is 11.9. The summed E-state index contributed by atoms with van der Waals surface area (Å²) in [4.78, 5) is 38.0. The molecular formula is C32H45FN6O2. The summed E-state index contributed by atoms with van der Waals surface area (Å²) in [5, 5.41) is 7.18. The van der Waals surface area contributed by atoms with Crippen LogP contribution in [0.25, 0.3) is 16.5 Å². The van der Waals surface area contributed by atoms with Crippen LogP contribution in [0.15, 0.2) is 30.1 Å². The monoisotopic (exact) mass is 564 g/mol. The van der Waals surface area contributed by atoms with E-state index in [4.69, 9.17) is 0 Å². The Morgan fingerprint density at radius 1 is 1.05 bits per heavy atom. The third-order valence-corrected chi connectivity index (χ3v) is 10.2. The Kier molecular flexibility index (Phi) is 8.21. The van der Waals surface area contributed by atoms with Gasteiger partial charge in [-0.3, -0.25) is 14.5 Å². The highest BCUT2D eigenvalue weighted by Crippen LogP contribution is 2.44. The van der Waals surface area contributed by atoms with Gasteiger partial charge in [0.2, 0.25) is 11.8 Å². The average molecular weight is 565 g/mol. The van der Waals surface area contributed by atoms with E-state index < -0.39 is 6.04 Å². The summed E-state index contributed by atoms with van der Waals surface area (Å²) >= 11 is 0. The minimum Gasteiger partial charge on any atom is -0.360 e. The third-order valence-electron chi connectivity index (χ3n) is 10.2. The van der Waals surface area contributed by atoms with Crippen molar-refractivity contribution in [3.63, 3.8) is 0 Å². The van der Waals surface area contributed by atoms with Crippen molar-refractivity contribution in [1.29, 1.82) is 0 Å². The minimum atomic E-state index is -0.527. The number of H-pyrrole nitrogens is 1. The number of amides is 2. The Morgan fingerprint density at radius 3 is 2.54 bits per heavy atom. The zero-order valence-electron chi connectivity index (χ0n) is 24.7. The number of halogens is 1. The average Bonchev–Trinajstić information content (AvgIpc) is 3.70. The highest BCUT2D eigenvalue weighted by molar-refractivity contribution is 5.97. The molecule has 1 saturated carbocycles. The molecule has 3 N–H and O–H groups in total. The Labute approximate surface area is 242 Å². The molecule has 222 valence electrons. The molecule has 6 rings (SSSR count). The molecule has 1 aromatic heterocycles. The number of hydrogen-bond acceptors (Lipinski definition) is 5.